The molecule has 1 saturated carbocycles. The molecule has 372 valence electrons. The van der Waals surface area contributed by atoms with E-state index in [9.17, 15) is 27.7 Å². The highest BCUT2D eigenvalue weighted by Gasteiger charge is 2.52. The van der Waals surface area contributed by atoms with E-state index in [1.807, 2.05) is 43.4 Å². The molecule has 4 heterocycles. The fraction of sp³-hybridized carbons (Fsp3) is 0.407. The SMILES string of the molecule is CC[N+]1=C(/C=C/C=C/C=C2/N(CCCCCC(=O)OC[C@@H](C(=O)O[C@H]3CC4[C@H](O)[C@H](C3)N4C)c3ccccc3)c3ccc4ccc(S(=O)(=O)O)cc4c3C2(C)C)C(C)(C)c2c1ccc1c(C)cc(C)cc21. The summed E-state index contributed by atoms with van der Waals surface area (Å²) in [5, 5.41) is 14.6. The Balaban J connectivity index is 0.896. The summed E-state index contributed by atoms with van der Waals surface area (Å²) in [5.41, 5.74) is 9.32. The number of ether oxygens (including phenoxy) is 2. The van der Waals surface area contributed by atoms with Gasteiger partial charge in [-0.05, 0) is 123 Å². The number of hydrogen-bond acceptors (Lipinski definition) is 9. The van der Waals surface area contributed by atoms with Crippen molar-refractivity contribution in [2.24, 2.45) is 0 Å². The highest BCUT2D eigenvalue weighted by atomic mass is 32.2. The third-order valence-electron chi connectivity index (χ3n) is 15.8. The Kier molecular flexibility index (Phi) is 13.8. The van der Waals surface area contributed by atoms with Gasteiger partial charge in [-0.3, -0.25) is 19.0 Å². The molecular weight excluding hydrogens is 911 g/mol. The fourth-order valence-electron chi connectivity index (χ4n) is 12.1. The van der Waals surface area contributed by atoms with Gasteiger partial charge in [0.15, 0.2) is 5.71 Å². The summed E-state index contributed by atoms with van der Waals surface area (Å²) in [7, 11) is -2.45. The van der Waals surface area contributed by atoms with Crippen LogP contribution < -0.4 is 4.90 Å². The van der Waals surface area contributed by atoms with Crippen LogP contribution in [-0.4, -0.2) is 96.2 Å². The monoisotopic (exact) mass is 978 g/mol. The molecule has 2 bridgehead atoms. The van der Waals surface area contributed by atoms with Gasteiger partial charge < -0.3 is 19.5 Å². The van der Waals surface area contributed by atoms with Gasteiger partial charge in [-0.2, -0.15) is 13.0 Å². The Bertz CT molecular complexity index is 3130. The number of carbonyl (C=O) groups is 2. The first-order valence-electron chi connectivity index (χ1n) is 25.2. The van der Waals surface area contributed by atoms with E-state index < -0.39 is 33.5 Å². The number of allylic oxidation sites excluding steroid dienone is 6. The minimum absolute atomic E-state index is 0.0174. The average molecular weight is 979 g/mol. The summed E-state index contributed by atoms with van der Waals surface area (Å²) in [6, 6.07) is 27.2. The first kappa shape index (κ1) is 50.0. The molecular formula is C59H68N3O8S+. The van der Waals surface area contributed by atoms with Gasteiger partial charge in [0.25, 0.3) is 10.1 Å². The van der Waals surface area contributed by atoms with Crippen LogP contribution in [0.3, 0.4) is 0 Å². The van der Waals surface area contributed by atoms with Crippen molar-refractivity contribution in [1.82, 2.24) is 4.90 Å². The second-order valence-corrected chi connectivity index (χ2v) is 22.5. The molecule has 0 radical (unpaired) electrons. The van der Waals surface area contributed by atoms with Crippen molar-refractivity contribution in [1.29, 1.82) is 0 Å². The second kappa shape index (κ2) is 19.6. The van der Waals surface area contributed by atoms with Crippen LogP contribution in [0.1, 0.15) is 107 Å². The number of unbranched alkanes of at least 4 members (excludes halogenated alkanes) is 2. The van der Waals surface area contributed by atoms with Crippen molar-refractivity contribution in [3.63, 3.8) is 0 Å². The largest absolute Gasteiger partial charge is 0.464 e. The molecule has 0 amide bonds. The lowest BCUT2D eigenvalue weighted by Gasteiger charge is -2.56. The number of piperidine rings is 1. The third-order valence-corrected chi connectivity index (χ3v) is 16.6. The molecule has 2 N–H and O–H groups in total. The number of rotatable bonds is 16. The second-order valence-electron chi connectivity index (χ2n) is 21.1. The normalized spacial score (nSPS) is 22.4. The number of likely N-dealkylation sites (N-methyl/N-ethyl adjacent to an activating group) is 1. The van der Waals surface area contributed by atoms with Crippen molar-refractivity contribution in [2.45, 2.75) is 133 Å². The molecule has 5 aliphatic rings. The smallest absolute Gasteiger partial charge is 0.317 e. The zero-order valence-electron chi connectivity index (χ0n) is 42.3. The fourth-order valence-corrected chi connectivity index (χ4v) is 12.7. The van der Waals surface area contributed by atoms with Crippen LogP contribution in [0.2, 0.25) is 0 Å². The van der Waals surface area contributed by atoms with Gasteiger partial charge in [0.2, 0.25) is 5.69 Å². The van der Waals surface area contributed by atoms with Crippen molar-refractivity contribution >= 4 is 60.7 Å². The number of hydrogen-bond donors (Lipinski definition) is 2. The number of anilines is 1. The molecule has 1 aliphatic carbocycles. The Morgan fingerprint density at radius 2 is 1.58 bits per heavy atom. The van der Waals surface area contributed by atoms with Crippen LogP contribution in [0.25, 0.3) is 21.5 Å². The Labute approximate surface area is 418 Å². The lowest BCUT2D eigenvalue weighted by atomic mass is 9.76. The van der Waals surface area contributed by atoms with E-state index >= 15 is 0 Å². The number of aryl methyl sites for hydroxylation is 2. The van der Waals surface area contributed by atoms with Crippen molar-refractivity contribution in [3.8, 4) is 0 Å². The van der Waals surface area contributed by atoms with Gasteiger partial charge in [0.05, 0.1) is 16.4 Å². The van der Waals surface area contributed by atoms with Crippen LogP contribution in [-0.2, 0) is 40.0 Å². The predicted octanol–water partition coefficient (Wildman–Crippen LogP) is 10.7. The van der Waals surface area contributed by atoms with Crippen LogP contribution in [0.5, 0.6) is 0 Å². The number of esters is 2. The van der Waals surface area contributed by atoms with Crippen molar-refractivity contribution in [3.05, 3.63) is 149 Å². The summed E-state index contributed by atoms with van der Waals surface area (Å²) in [6.45, 7) is 16.8. The molecule has 5 atom stereocenters. The lowest BCUT2D eigenvalue weighted by molar-refractivity contribution is -0.433. The van der Waals surface area contributed by atoms with Gasteiger partial charge in [-0.15, -0.1) is 0 Å². The average Bonchev–Trinajstić information content (AvgIpc) is 3.69. The van der Waals surface area contributed by atoms with Crippen LogP contribution >= 0.6 is 0 Å². The summed E-state index contributed by atoms with van der Waals surface area (Å²) in [4.78, 5) is 31.1. The number of nitrogens with zero attached hydrogens (tertiary/aromatic N) is 3. The van der Waals surface area contributed by atoms with E-state index in [-0.39, 0.29) is 47.5 Å². The van der Waals surface area contributed by atoms with Crippen LogP contribution in [0, 0.1) is 13.8 Å². The number of carbonyl (C=O) groups excluding carboxylic acids is 2. The third kappa shape index (κ3) is 9.40. The minimum Gasteiger partial charge on any atom is -0.464 e. The molecule has 71 heavy (non-hydrogen) atoms. The van der Waals surface area contributed by atoms with Crippen LogP contribution in [0.15, 0.2) is 126 Å². The first-order valence-corrected chi connectivity index (χ1v) is 26.6. The number of fused-ring (bicyclic) bond motifs is 8. The number of aliphatic hydroxyl groups excluding tert-OH is 1. The summed E-state index contributed by atoms with van der Waals surface area (Å²) in [5.74, 6) is -1.56. The predicted molar refractivity (Wildman–Crippen MR) is 281 cm³/mol. The molecule has 3 fully saturated rings. The molecule has 1 unspecified atom stereocenters. The van der Waals surface area contributed by atoms with E-state index in [0.29, 0.717) is 25.8 Å². The van der Waals surface area contributed by atoms with Gasteiger partial charge in [0.1, 0.15) is 25.2 Å². The quantitative estimate of drug-likeness (QED) is 0.0323. The molecule has 10 rings (SSSR count). The Morgan fingerprint density at radius 3 is 2.28 bits per heavy atom. The highest BCUT2D eigenvalue weighted by Crippen LogP contribution is 2.51. The standard InChI is InChI=1S/C59H67N3O8S/c1-9-61-47-29-27-43-38(3)31-37(2)32-45(43)55(47)58(4,5)51(61)21-15-11-16-22-52-59(6,7)54-44-35-42(71(66,67)68)26-24-40(44)25-28-48(54)62(52)30-18-12-17-23-53(63)69-36-46(39-19-13-10-14-20-39)57(65)70-41-33-49-56(64)50(34-41)60(49)8/h10-11,13-16,19-22,24-29,31-32,35,41,46,49-50,56,64H,9,12,17-18,23,30,33-34,36H2,1-8H3/p+1/t41-,46-,49+,50?,56-/m1/s1. The topological polar surface area (TPSA) is 137 Å². The van der Waals surface area contributed by atoms with E-state index in [2.05, 4.69) is 124 Å². The van der Waals surface area contributed by atoms with E-state index in [1.165, 1.54) is 44.9 Å². The van der Waals surface area contributed by atoms with Crippen LogP contribution in [0.4, 0.5) is 11.4 Å². The maximum absolute atomic E-state index is 13.6. The molecule has 5 aromatic carbocycles. The number of aliphatic hydroxyl groups is 1. The summed E-state index contributed by atoms with van der Waals surface area (Å²) < 4.78 is 48.9. The Hall–Kier alpha value is -5.92. The Morgan fingerprint density at radius 1 is 0.845 bits per heavy atom. The van der Waals surface area contributed by atoms with Gasteiger partial charge in [0, 0.05) is 72.4 Å². The first-order chi connectivity index (χ1) is 33.8. The van der Waals surface area contributed by atoms with E-state index in [0.717, 1.165) is 52.7 Å². The molecule has 11 nitrogen and oxygen atoms in total. The molecule has 0 aromatic heterocycles. The lowest BCUT2D eigenvalue weighted by Crippen LogP contribution is -2.71. The maximum atomic E-state index is 13.6. The van der Waals surface area contributed by atoms with E-state index in [4.69, 9.17) is 9.47 Å². The van der Waals surface area contributed by atoms with Crippen molar-refractivity contribution in [2.75, 3.05) is 31.6 Å². The number of benzene rings is 5. The molecule has 2 saturated heterocycles. The molecule has 12 heteroatoms. The highest BCUT2D eigenvalue weighted by molar-refractivity contribution is 7.85. The molecule has 4 aliphatic heterocycles. The minimum atomic E-state index is -4.44. The van der Waals surface area contributed by atoms with Gasteiger partial charge >= 0.3 is 11.9 Å². The van der Waals surface area contributed by atoms with Gasteiger partial charge in [-0.25, -0.2) is 0 Å². The zero-order valence-corrected chi connectivity index (χ0v) is 43.1. The van der Waals surface area contributed by atoms with Crippen molar-refractivity contribution < 1.29 is 41.7 Å². The summed E-state index contributed by atoms with van der Waals surface area (Å²) >= 11 is 0. The van der Waals surface area contributed by atoms with Gasteiger partial charge in [-0.1, -0.05) is 98.7 Å². The molecule has 5 aromatic rings. The maximum Gasteiger partial charge on any atom is 0.317 e. The summed E-state index contributed by atoms with van der Waals surface area (Å²) in [6.07, 6.45) is 13.4. The zero-order chi connectivity index (χ0) is 50.6. The van der Waals surface area contributed by atoms with E-state index in [1.54, 1.807) is 12.1 Å². The molecule has 0 spiro atoms.